The zero-order valence-electron chi connectivity index (χ0n) is 9.60. The predicted octanol–water partition coefficient (Wildman–Crippen LogP) is 3.45. The Hall–Kier alpha value is -1.25. The number of thioether (sulfide) groups is 1. The van der Waals surface area contributed by atoms with Crippen molar-refractivity contribution < 1.29 is 0 Å². The molecule has 2 heteroatoms. The molecule has 1 aliphatic carbocycles. The maximum Gasteiger partial charge on any atom is 0.0559 e. The van der Waals surface area contributed by atoms with Crippen molar-refractivity contribution in [3.05, 3.63) is 59.7 Å². The van der Waals surface area contributed by atoms with E-state index in [0.717, 1.165) is 12.3 Å². The van der Waals surface area contributed by atoms with Crippen molar-refractivity contribution in [2.45, 2.75) is 5.25 Å². The molecule has 3 rings (SSSR count). The van der Waals surface area contributed by atoms with Gasteiger partial charge in [-0.15, -0.1) is 11.8 Å². The van der Waals surface area contributed by atoms with Crippen LogP contribution in [0.5, 0.6) is 0 Å². The second-order valence-electron chi connectivity index (χ2n) is 4.21. The molecule has 0 amide bonds. The van der Waals surface area contributed by atoms with Crippen LogP contribution in [0.25, 0.3) is 11.1 Å². The van der Waals surface area contributed by atoms with Gasteiger partial charge in [0.05, 0.1) is 5.25 Å². The average Bonchev–Trinajstić information content (AvgIpc) is 2.71. The first-order chi connectivity index (χ1) is 8.42. The van der Waals surface area contributed by atoms with Gasteiger partial charge in [-0.05, 0) is 22.3 Å². The van der Waals surface area contributed by atoms with Gasteiger partial charge in [-0.3, -0.25) is 0 Å². The number of hydrogen-bond donors (Lipinski definition) is 1. The van der Waals surface area contributed by atoms with E-state index in [4.69, 9.17) is 5.73 Å². The van der Waals surface area contributed by atoms with Crippen LogP contribution in [0.4, 0.5) is 0 Å². The van der Waals surface area contributed by atoms with Gasteiger partial charge in [0.15, 0.2) is 0 Å². The van der Waals surface area contributed by atoms with E-state index in [1.165, 1.54) is 22.3 Å². The quantitative estimate of drug-likeness (QED) is 0.890. The third-order valence-electron chi connectivity index (χ3n) is 3.18. The second kappa shape index (κ2) is 4.55. The van der Waals surface area contributed by atoms with E-state index in [9.17, 15) is 0 Å². The molecule has 0 bridgehead atoms. The summed E-state index contributed by atoms with van der Waals surface area (Å²) < 4.78 is 0. The van der Waals surface area contributed by atoms with Crippen molar-refractivity contribution in [3.63, 3.8) is 0 Å². The fraction of sp³-hybridized carbons (Fsp3) is 0.200. The molecule has 0 atom stereocenters. The van der Waals surface area contributed by atoms with Crippen LogP contribution in [0.15, 0.2) is 48.5 Å². The number of fused-ring (bicyclic) bond motifs is 3. The molecule has 2 aromatic rings. The number of rotatable bonds is 3. The Kier molecular flexibility index (Phi) is 2.91. The minimum Gasteiger partial charge on any atom is -0.330 e. The van der Waals surface area contributed by atoms with E-state index in [2.05, 4.69) is 48.5 Å². The first-order valence-electron chi connectivity index (χ1n) is 5.91. The third-order valence-corrected chi connectivity index (χ3v) is 4.49. The van der Waals surface area contributed by atoms with E-state index in [1.54, 1.807) is 0 Å². The van der Waals surface area contributed by atoms with Gasteiger partial charge in [0.2, 0.25) is 0 Å². The summed E-state index contributed by atoms with van der Waals surface area (Å²) in [5.74, 6) is 1.01. The van der Waals surface area contributed by atoms with Crippen molar-refractivity contribution >= 4 is 11.8 Å². The summed E-state index contributed by atoms with van der Waals surface area (Å²) in [4.78, 5) is 0. The molecule has 17 heavy (non-hydrogen) atoms. The van der Waals surface area contributed by atoms with Crippen LogP contribution in [0.1, 0.15) is 16.4 Å². The van der Waals surface area contributed by atoms with E-state index < -0.39 is 0 Å². The Labute approximate surface area is 106 Å². The molecule has 0 aromatic heterocycles. The molecule has 2 N–H and O–H groups in total. The summed E-state index contributed by atoms with van der Waals surface area (Å²) >= 11 is 1.94. The van der Waals surface area contributed by atoms with Crippen LogP contribution in [0.2, 0.25) is 0 Å². The molecule has 2 aromatic carbocycles. The number of benzene rings is 2. The number of nitrogens with two attached hydrogens (primary N) is 1. The van der Waals surface area contributed by atoms with E-state index in [1.807, 2.05) is 11.8 Å². The maximum absolute atomic E-state index is 5.63. The lowest BCUT2D eigenvalue weighted by molar-refractivity contribution is 1.13. The summed E-state index contributed by atoms with van der Waals surface area (Å²) in [6.07, 6.45) is 0. The van der Waals surface area contributed by atoms with Gasteiger partial charge < -0.3 is 5.73 Å². The van der Waals surface area contributed by atoms with E-state index in [-0.39, 0.29) is 0 Å². The molecular weight excluding hydrogens is 226 g/mol. The molecule has 0 heterocycles. The first-order valence-corrected chi connectivity index (χ1v) is 6.96. The van der Waals surface area contributed by atoms with Gasteiger partial charge >= 0.3 is 0 Å². The molecule has 0 saturated heterocycles. The summed E-state index contributed by atoms with van der Waals surface area (Å²) in [5.41, 5.74) is 11.3. The second-order valence-corrected chi connectivity index (χ2v) is 5.43. The lowest BCUT2D eigenvalue weighted by atomic mass is 10.1. The molecule has 0 aliphatic heterocycles. The molecule has 86 valence electrons. The van der Waals surface area contributed by atoms with Crippen LogP contribution < -0.4 is 5.73 Å². The van der Waals surface area contributed by atoms with Crippen LogP contribution in [-0.2, 0) is 0 Å². The molecule has 0 radical (unpaired) electrons. The Morgan fingerprint density at radius 3 is 1.94 bits per heavy atom. The smallest absolute Gasteiger partial charge is 0.0559 e. The van der Waals surface area contributed by atoms with Gasteiger partial charge in [0.25, 0.3) is 0 Å². The van der Waals surface area contributed by atoms with Crippen molar-refractivity contribution in [1.82, 2.24) is 0 Å². The Balaban J connectivity index is 2.10. The lowest BCUT2D eigenvalue weighted by Gasteiger charge is -2.12. The standard InChI is InChI=1S/C15H15NS/c16-9-10-17-15-13-7-3-1-5-11(13)12-6-2-4-8-14(12)15/h1-8,15H,9-10,16H2. The molecule has 1 nitrogen and oxygen atoms in total. The lowest BCUT2D eigenvalue weighted by Crippen LogP contribution is -2.03. The molecule has 1 aliphatic rings. The first kappa shape index (κ1) is 10.9. The van der Waals surface area contributed by atoms with Crippen molar-refractivity contribution in [2.24, 2.45) is 5.73 Å². The Morgan fingerprint density at radius 2 is 1.41 bits per heavy atom. The molecule has 0 unspecified atom stereocenters. The van der Waals surface area contributed by atoms with Gasteiger partial charge in [-0.1, -0.05) is 48.5 Å². The minimum atomic E-state index is 0.464. The normalized spacial score (nSPS) is 13.5. The summed E-state index contributed by atoms with van der Waals surface area (Å²) in [6, 6.07) is 17.4. The highest BCUT2D eigenvalue weighted by Crippen LogP contribution is 2.49. The van der Waals surface area contributed by atoms with E-state index >= 15 is 0 Å². The molecule has 0 saturated carbocycles. The third kappa shape index (κ3) is 1.78. The van der Waals surface area contributed by atoms with Gasteiger partial charge in [0, 0.05) is 12.3 Å². The molecule has 0 spiro atoms. The molecular formula is C15H15NS. The van der Waals surface area contributed by atoms with Crippen LogP contribution in [0.3, 0.4) is 0 Å². The van der Waals surface area contributed by atoms with Crippen molar-refractivity contribution in [1.29, 1.82) is 0 Å². The average molecular weight is 241 g/mol. The highest BCUT2D eigenvalue weighted by atomic mass is 32.2. The highest BCUT2D eigenvalue weighted by Gasteiger charge is 2.27. The molecule has 0 fully saturated rings. The van der Waals surface area contributed by atoms with Crippen LogP contribution >= 0.6 is 11.8 Å². The SMILES string of the molecule is NCCSC1c2ccccc2-c2ccccc21. The van der Waals surface area contributed by atoms with Gasteiger partial charge in [-0.25, -0.2) is 0 Å². The summed E-state index contributed by atoms with van der Waals surface area (Å²) in [5, 5.41) is 0.464. The Morgan fingerprint density at radius 1 is 0.882 bits per heavy atom. The monoisotopic (exact) mass is 241 g/mol. The fourth-order valence-corrected chi connectivity index (χ4v) is 3.62. The topological polar surface area (TPSA) is 26.0 Å². The predicted molar refractivity (Wildman–Crippen MR) is 75.2 cm³/mol. The van der Waals surface area contributed by atoms with Gasteiger partial charge in [0.1, 0.15) is 0 Å². The van der Waals surface area contributed by atoms with Gasteiger partial charge in [-0.2, -0.15) is 0 Å². The van der Waals surface area contributed by atoms with Crippen LogP contribution in [0, 0.1) is 0 Å². The number of hydrogen-bond acceptors (Lipinski definition) is 2. The van der Waals surface area contributed by atoms with Crippen molar-refractivity contribution in [3.8, 4) is 11.1 Å². The summed E-state index contributed by atoms with van der Waals surface area (Å²) in [7, 11) is 0. The largest absolute Gasteiger partial charge is 0.330 e. The van der Waals surface area contributed by atoms with E-state index in [0.29, 0.717) is 5.25 Å². The summed E-state index contributed by atoms with van der Waals surface area (Å²) in [6.45, 7) is 0.742. The Bertz CT molecular complexity index is 490. The fourth-order valence-electron chi connectivity index (χ4n) is 2.47. The zero-order chi connectivity index (χ0) is 11.7. The van der Waals surface area contributed by atoms with Crippen LogP contribution in [-0.4, -0.2) is 12.3 Å². The highest BCUT2D eigenvalue weighted by molar-refractivity contribution is 7.99. The minimum absolute atomic E-state index is 0.464. The maximum atomic E-state index is 5.63. The zero-order valence-corrected chi connectivity index (χ0v) is 10.4. The van der Waals surface area contributed by atoms with Crippen molar-refractivity contribution in [2.75, 3.05) is 12.3 Å².